The van der Waals surface area contributed by atoms with Gasteiger partial charge in [0.15, 0.2) is 7.14 Å². The SMILES string of the molecule is O=P1(c2ccccc2)c2ccccc2-c2ccc(Cl)cc21. The molecule has 102 valence electrons. The third-order valence-corrected chi connectivity index (χ3v) is 7.33. The largest absolute Gasteiger partial charge is 0.309 e. The van der Waals surface area contributed by atoms with Gasteiger partial charge in [-0.25, -0.2) is 0 Å². The summed E-state index contributed by atoms with van der Waals surface area (Å²) >= 11 is 6.16. The van der Waals surface area contributed by atoms with Gasteiger partial charge in [0.05, 0.1) is 0 Å². The summed E-state index contributed by atoms with van der Waals surface area (Å²) in [5.74, 6) is 0. The molecule has 0 saturated heterocycles. The zero-order chi connectivity index (χ0) is 14.4. The standard InChI is InChI=1S/C18H12ClOP/c19-13-10-11-16-15-8-4-5-9-17(15)21(20,18(16)12-13)14-6-2-1-3-7-14/h1-12H. The zero-order valence-electron chi connectivity index (χ0n) is 11.2. The van der Waals surface area contributed by atoms with Gasteiger partial charge in [-0.15, -0.1) is 0 Å². The van der Waals surface area contributed by atoms with E-state index >= 15 is 0 Å². The molecule has 0 radical (unpaired) electrons. The second-order valence-corrected chi connectivity index (χ2v) is 8.26. The van der Waals surface area contributed by atoms with Crippen LogP contribution in [0.25, 0.3) is 11.1 Å². The van der Waals surface area contributed by atoms with Crippen molar-refractivity contribution in [3.8, 4) is 11.1 Å². The van der Waals surface area contributed by atoms with Gasteiger partial charge in [-0.2, -0.15) is 0 Å². The highest BCUT2D eigenvalue weighted by Gasteiger charge is 2.39. The Bertz CT molecular complexity index is 887. The molecule has 1 nitrogen and oxygen atoms in total. The van der Waals surface area contributed by atoms with Gasteiger partial charge in [0.1, 0.15) is 0 Å². The number of fused-ring (bicyclic) bond motifs is 3. The molecule has 4 rings (SSSR count). The molecule has 0 saturated carbocycles. The maximum Gasteiger partial charge on any atom is 0.172 e. The van der Waals surface area contributed by atoms with E-state index in [0.717, 1.165) is 27.0 Å². The fourth-order valence-electron chi connectivity index (χ4n) is 3.01. The van der Waals surface area contributed by atoms with Crippen LogP contribution >= 0.6 is 18.7 Å². The Labute approximate surface area is 128 Å². The predicted octanol–water partition coefficient (Wildman–Crippen LogP) is 3.96. The smallest absolute Gasteiger partial charge is 0.172 e. The quantitative estimate of drug-likeness (QED) is 0.486. The van der Waals surface area contributed by atoms with E-state index in [0.29, 0.717) is 5.02 Å². The second kappa shape index (κ2) is 4.59. The van der Waals surface area contributed by atoms with Crippen LogP contribution in [-0.2, 0) is 4.57 Å². The summed E-state index contributed by atoms with van der Waals surface area (Å²) in [5, 5.41) is 3.24. The molecule has 0 bridgehead atoms. The first-order valence-corrected chi connectivity index (χ1v) is 8.85. The molecule has 3 aromatic carbocycles. The van der Waals surface area contributed by atoms with E-state index in [2.05, 4.69) is 0 Å². The molecule has 0 aromatic heterocycles. The molecule has 3 heteroatoms. The molecule has 1 unspecified atom stereocenters. The molecule has 0 fully saturated rings. The lowest BCUT2D eigenvalue weighted by Gasteiger charge is -2.15. The normalized spacial score (nSPS) is 19.1. The molecular formula is C18H12ClOP. The summed E-state index contributed by atoms with van der Waals surface area (Å²) in [6.07, 6.45) is 0. The summed E-state index contributed by atoms with van der Waals surface area (Å²) in [5.41, 5.74) is 2.08. The van der Waals surface area contributed by atoms with Crippen LogP contribution in [0.5, 0.6) is 0 Å². The van der Waals surface area contributed by atoms with Gasteiger partial charge < -0.3 is 4.57 Å². The van der Waals surface area contributed by atoms with Crippen molar-refractivity contribution in [2.24, 2.45) is 0 Å². The molecule has 3 aromatic rings. The second-order valence-electron chi connectivity index (χ2n) is 5.12. The molecule has 21 heavy (non-hydrogen) atoms. The van der Waals surface area contributed by atoms with Gasteiger partial charge in [0.25, 0.3) is 0 Å². The van der Waals surface area contributed by atoms with Gasteiger partial charge in [0.2, 0.25) is 0 Å². The molecule has 1 atom stereocenters. The molecular weight excluding hydrogens is 299 g/mol. The van der Waals surface area contributed by atoms with E-state index in [9.17, 15) is 4.57 Å². The van der Waals surface area contributed by atoms with Gasteiger partial charge in [-0.1, -0.05) is 72.3 Å². The monoisotopic (exact) mass is 310 g/mol. The molecule has 0 spiro atoms. The summed E-state index contributed by atoms with van der Waals surface area (Å²) in [6.45, 7) is 0. The van der Waals surface area contributed by atoms with Crippen LogP contribution in [0.4, 0.5) is 0 Å². The molecule has 0 amide bonds. The number of benzene rings is 3. The Balaban J connectivity index is 2.13. The van der Waals surface area contributed by atoms with Crippen molar-refractivity contribution in [2.75, 3.05) is 0 Å². The minimum absolute atomic E-state index is 0.623. The first-order chi connectivity index (χ1) is 10.2. The average molecular weight is 311 g/mol. The van der Waals surface area contributed by atoms with Gasteiger partial charge in [-0.3, -0.25) is 0 Å². The van der Waals surface area contributed by atoms with Crippen LogP contribution in [0.2, 0.25) is 5.02 Å². The highest BCUT2D eigenvalue weighted by atomic mass is 35.5. The minimum Gasteiger partial charge on any atom is -0.309 e. The van der Waals surface area contributed by atoms with Crippen molar-refractivity contribution < 1.29 is 4.57 Å². The maximum atomic E-state index is 14.0. The summed E-state index contributed by atoms with van der Waals surface area (Å²) in [4.78, 5) is 0. The van der Waals surface area contributed by atoms with E-state index in [1.165, 1.54) is 0 Å². The van der Waals surface area contributed by atoms with Crippen molar-refractivity contribution in [2.45, 2.75) is 0 Å². The van der Waals surface area contributed by atoms with E-state index < -0.39 is 7.14 Å². The molecule has 1 aliphatic heterocycles. The summed E-state index contributed by atoms with van der Waals surface area (Å²) in [6, 6.07) is 23.3. The molecule has 1 aliphatic rings. The van der Waals surface area contributed by atoms with Crippen LogP contribution in [0.1, 0.15) is 0 Å². The summed E-state index contributed by atoms with van der Waals surface area (Å²) < 4.78 is 14.0. The van der Waals surface area contributed by atoms with Crippen molar-refractivity contribution >= 4 is 34.7 Å². The Morgan fingerprint density at radius 2 is 1.38 bits per heavy atom. The fourth-order valence-corrected chi connectivity index (χ4v) is 6.36. The number of rotatable bonds is 1. The fraction of sp³-hybridized carbons (Fsp3) is 0. The maximum absolute atomic E-state index is 14.0. The molecule has 0 aliphatic carbocycles. The van der Waals surface area contributed by atoms with Crippen LogP contribution in [0.15, 0.2) is 72.8 Å². The topological polar surface area (TPSA) is 17.1 Å². The minimum atomic E-state index is -2.81. The summed E-state index contributed by atoms with van der Waals surface area (Å²) in [7, 11) is -2.81. The lowest BCUT2D eigenvalue weighted by Crippen LogP contribution is -2.20. The van der Waals surface area contributed by atoms with E-state index in [4.69, 9.17) is 11.6 Å². The number of hydrogen-bond donors (Lipinski definition) is 0. The molecule has 1 heterocycles. The van der Waals surface area contributed by atoms with Gasteiger partial charge in [-0.05, 0) is 23.3 Å². The number of halogens is 1. The highest BCUT2D eigenvalue weighted by molar-refractivity contribution is 7.86. The predicted molar refractivity (Wildman–Crippen MR) is 89.8 cm³/mol. The molecule has 0 N–H and O–H groups in total. The lowest BCUT2D eigenvalue weighted by atomic mass is 10.1. The van der Waals surface area contributed by atoms with E-state index in [1.54, 1.807) is 0 Å². The Kier molecular flexibility index (Phi) is 2.82. The Morgan fingerprint density at radius 3 is 2.19 bits per heavy atom. The average Bonchev–Trinajstić information content (AvgIpc) is 2.79. The van der Waals surface area contributed by atoms with Crippen LogP contribution in [0.3, 0.4) is 0 Å². The lowest BCUT2D eigenvalue weighted by molar-refractivity contribution is 0.593. The van der Waals surface area contributed by atoms with Crippen molar-refractivity contribution in [1.29, 1.82) is 0 Å². The highest BCUT2D eigenvalue weighted by Crippen LogP contribution is 2.52. The Morgan fingerprint density at radius 1 is 0.714 bits per heavy atom. The van der Waals surface area contributed by atoms with Crippen LogP contribution in [0, 0.1) is 0 Å². The van der Waals surface area contributed by atoms with E-state index in [1.807, 2.05) is 72.8 Å². The van der Waals surface area contributed by atoms with E-state index in [-0.39, 0.29) is 0 Å². The van der Waals surface area contributed by atoms with Gasteiger partial charge in [0, 0.05) is 20.9 Å². The van der Waals surface area contributed by atoms with Crippen LogP contribution < -0.4 is 15.9 Å². The third-order valence-electron chi connectivity index (χ3n) is 3.95. The van der Waals surface area contributed by atoms with Crippen molar-refractivity contribution in [1.82, 2.24) is 0 Å². The zero-order valence-corrected chi connectivity index (χ0v) is 12.8. The van der Waals surface area contributed by atoms with Gasteiger partial charge >= 0.3 is 0 Å². The first-order valence-electron chi connectivity index (χ1n) is 6.77. The third kappa shape index (κ3) is 1.75. The van der Waals surface area contributed by atoms with Crippen molar-refractivity contribution in [3.63, 3.8) is 0 Å². The Hall–Kier alpha value is -1.82. The first kappa shape index (κ1) is 12.9. The van der Waals surface area contributed by atoms with Crippen LogP contribution in [-0.4, -0.2) is 0 Å². The number of hydrogen-bond acceptors (Lipinski definition) is 1. The van der Waals surface area contributed by atoms with Crippen molar-refractivity contribution in [3.05, 3.63) is 77.8 Å².